The Morgan fingerprint density at radius 1 is 1.09 bits per heavy atom. The second-order valence-electron chi connectivity index (χ2n) is 9.92. The van der Waals surface area contributed by atoms with Crippen molar-refractivity contribution in [3.05, 3.63) is 70.9 Å². The van der Waals surface area contributed by atoms with E-state index in [1.165, 1.54) is 0 Å². The number of aryl methyl sites for hydroxylation is 1. The highest BCUT2D eigenvalue weighted by Crippen LogP contribution is 2.45. The number of anilines is 2. The van der Waals surface area contributed by atoms with Gasteiger partial charge < -0.3 is 10.2 Å². The van der Waals surface area contributed by atoms with E-state index in [9.17, 15) is 4.79 Å². The highest BCUT2D eigenvalue weighted by molar-refractivity contribution is 6.00. The molecule has 1 aromatic heterocycles. The molecule has 0 fully saturated rings. The van der Waals surface area contributed by atoms with E-state index in [1.807, 2.05) is 37.0 Å². The van der Waals surface area contributed by atoms with Gasteiger partial charge in [-0.05, 0) is 48.6 Å². The van der Waals surface area contributed by atoms with Crippen LogP contribution in [0.2, 0.25) is 0 Å². The minimum absolute atomic E-state index is 0.0763. The topological polar surface area (TPSA) is 63.1 Å². The maximum atomic E-state index is 13.3. The molecule has 164 valence electrons. The summed E-state index contributed by atoms with van der Waals surface area (Å²) in [5.74, 6) is 1.53. The molecule has 32 heavy (non-hydrogen) atoms. The molecule has 1 aliphatic carbocycles. The summed E-state index contributed by atoms with van der Waals surface area (Å²) in [6, 6.07) is 16.3. The van der Waals surface area contributed by atoms with E-state index in [2.05, 4.69) is 61.3 Å². The Hall–Kier alpha value is -3.41. The molecule has 0 amide bonds. The molecule has 1 unspecified atom stereocenters. The van der Waals surface area contributed by atoms with Gasteiger partial charge in [-0.25, -0.2) is 4.68 Å². The van der Waals surface area contributed by atoms with Gasteiger partial charge in [0.1, 0.15) is 6.04 Å². The lowest BCUT2D eigenvalue weighted by molar-refractivity contribution is -0.118. The number of allylic oxidation sites excluding steroid dienone is 2. The number of ketones is 1. The number of fused-ring (bicyclic) bond motifs is 1. The van der Waals surface area contributed by atoms with Crippen molar-refractivity contribution in [3.63, 3.8) is 0 Å². The van der Waals surface area contributed by atoms with Crippen LogP contribution in [0.4, 0.5) is 11.6 Å². The fraction of sp³-hybridized carbons (Fsp3) is 0.346. The number of nitrogens with zero attached hydrogens (tertiary/aromatic N) is 4. The second kappa shape index (κ2) is 7.33. The van der Waals surface area contributed by atoms with E-state index >= 15 is 0 Å². The molecule has 2 aliphatic rings. The third-order valence-corrected chi connectivity index (χ3v) is 6.33. The van der Waals surface area contributed by atoms with Gasteiger partial charge in [0.15, 0.2) is 11.6 Å². The molecule has 1 aliphatic heterocycles. The average molecular weight is 428 g/mol. The quantitative estimate of drug-likeness (QED) is 0.639. The number of carbonyl (C=O) groups excluding carboxylic acids is 1. The molecule has 3 aromatic rings. The van der Waals surface area contributed by atoms with Crippen LogP contribution in [0.25, 0.3) is 11.4 Å². The van der Waals surface area contributed by atoms with Crippen molar-refractivity contribution in [1.82, 2.24) is 14.8 Å². The van der Waals surface area contributed by atoms with Gasteiger partial charge in [0.25, 0.3) is 0 Å². The third-order valence-electron chi connectivity index (χ3n) is 6.33. The Balaban J connectivity index is 1.64. The van der Waals surface area contributed by atoms with Gasteiger partial charge >= 0.3 is 0 Å². The number of benzene rings is 2. The number of nitrogens with one attached hydrogen (secondary N) is 1. The zero-order valence-corrected chi connectivity index (χ0v) is 19.3. The van der Waals surface area contributed by atoms with Crippen LogP contribution >= 0.6 is 0 Å². The highest BCUT2D eigenvalue weighted by atomic mass is 16.1. The first-order valence-electron chi connectivity index (χ1n) is 11.1. The lowest BCUT2D eigenvalue weighted by Gasteiger charge is -2.38. The van der Waals surface area contributed by atoms with Crippen molar-refractivity contribution < 1.29 is 4.79 Å². The molecule has 6 heteroatoms. The van der Waals surface area contributed by atoms with Crippen LogP contribution in [0, 0.1) is 12.3 Å². The van der Waals surface area contributed by atoms with Crippen LogP contribution < -0.4 is 10.2 Å². The summed E-state index contributed by atoms with van der Waals surface area (Å²) in [6.07, 6.45) is 1.36. The summed E-state index contributed by atoms with van der Waals surface area (Å²) >= 11 is 0. The molecule has 0 saturated carbocycles. The minimum Gasteiger partial charge on any atom is -0.378 e. The minimum atomic E-state index is -0.271. The smallest absolute Gasteiger partial charge is 0.226 e. The normalized spacial score (nSPS) is 19.3. The summed E-state index contributed by atoms with van der Waals surface area (Å²) < 4.78 is 1.89. The molecule has 6 nitrogen and oxygen atoms in total. The van der Waals surface area contributed by atoms with E-state index in [0.29, 0.717) is 18.2 Å². The van der Waals surface area contributed by atoms with Crippen LogP contribution in [0.1, 0.15) is 43.9 Å². The molecule has 1 N–H and O–H groups in total. The Labute approximate surface area is 189 Å². The summed E-state index contributed by atoms with van der Waals surface area (Å²) in [6.45, 7) is 6.37. The maximum absolute atomic E-state index is 13.3. The third kappa shape index (κ3) is 3.49. The molecule has 1 atom stereocenters. The van der Waals surface area contributed by atoms with Crippen LogP contribution in [0.15, 0.2) is 59.8 Å². The van der Waals surface area contributed by atoms with Gasteiger partial charge in [0.2, 0.25) is 5.95 Å². The van der Waals surface area contributed by atoms with Crippen LogP contribution in [-0.2, 0) is 4.79 Å². The van der Waals surface area contributed by atoms with Crippen molar-refractivity contribution >= 4 is 17.4 Å². The van der Waals surface area contributed by atoms with Crippen molar-refractivity contribution in [2.24, 2.45) is 5.41 Å². The fourth-order valence-electron chi connectivity index (χ4n) is 4.79. The average Bonchev–Trinajstić information content (AvgIpc) is 3.15. The zero-order valence-electron chi connectivity index (χ0n) is 19.3. The summed E-state index contributed by atoms with van der Waals surface area (Å²) in [7, 11) is 4.04. The van der Waals surface area contributed by atoms with Gasteiger partial charge in [0.05, 0.1) is 0 Å². The Morgan fingerprint density at radius 2 is 1.84 bits per heavy atom. The van der Waals surface area contributed by atoms with E-state index in [4.69, 9.17) is 10.1 Å². The van der Waals surface area contributed by atoms with Gasteiger partial charge in [-0.2, -0.15) is 4.98 Å². The monoisotopic (exact) mass is 427 g/mol. The van der Waals surface area contributed by atoms with Crippen molar-refractivity contribution in [1.29, 1.82) is 0 Å². The molecule has 0 radical (unpaired) electrons. The Morgan fingerprint density at radius 3 is 2.53 bits per heavy atom. The predicted molar refractivity (Wildman–Crippen MR) is 128 cm³/mol. The molecule has 2 heterocycles. The number of hydrogen-bond acceptors (Lipinski definition) is 5. The predicted octanol–water partition coefficient (Wildman–Crippen LogP) is 4.98. The molecular formula is C26H29N5O. The summed E-state index contributed by atoms with van der Waals surface area (Å²) in [4.78, 5) is 20.2. The van der Waals surface area contributed by atoms with Crippen LogP contribution in [0.3, 0.4) is 0 Å². The molecule has 2 aromatic carbocycles. The number of aromatic nitrogens is 3. The lowest BCUT2D eigenvalue weighted by atomic mass is 9.73. The fourth-order valence-corrected chi connectivity index (χ4v) is 4.79. The molecular weight excluding hydrogens is 398 g/mol. The van der Waals surface area contributed by atoms with Gasteiger partial charge in [-0.1, -0.05) is 43.7 Å². The zero-order chi connectivity index (χ0) is 22.6. The standard InChI is InChI=1S/C26H29N5O/c1-16-7-6-8-18(13-16)23-22-20(14-26(2,3)15-21(22)32)27-25-28-24(29-31(23)25)17-9-11-19(12-10-17)30(4)5/h6-13,23H,14-15H2,1-5H3,(H,27,28,29). The highest BCUT2D eigenvalue weighted by Gasteiger charge is 2.41. The second-order valence-corrected chi connectivity index (χ2v) is 9.92. The van der Waals surface area contributed by atoms with Gasteiger partial charge in [0, 0.05) is 43.0 Å². The Bertz CT molecular complexity index is 1230. The van der Waals surface area contributed by atoms with E-state index in [0.717, 1.165) is 40.1 Å². The van der Waals surface area contributed by atoms with Gasteiger partial charge in [-0.15, -0.1) is 5.10 Å². The maximum Gasteiger partial charge on any atom is 0.226 e. The van der Waals surface area contributed by atoms with Crippen LogP contribution in [-0.4, -0.2) is 34.6 Å². The first kappa shape index (κ1) is 20.5. The molecule has 0 spiro atoms. The van der Waals surface area contributed by atoms with Gasteiger partial charge in [-0.3, -0.25) is 4.79 Å². The number of carbonyl (C=O) groups is 1. The summed E-state index contributed by atoms with van der Waals surface area (Å²) in [5, 5.41) is 8.35. The van der Waals surface area contributed by atoms with Crippen molar-refractivity contribution in [2.45, 2.75) is 39.7 Å². The summed E-state index contributed by atoms with van der Waals surface area (Å²) in [5.41, 5.74) is 6.02. The number of rotatable bonds is 3. The number of hydrogen-bond donors (Lipinski definition) is 1. The largest absolute Gasteiger partial charge is 0.378 e. The molecule has 5 rings (SSSR count). The molecule has 0 saturated heterocycles. The first-order valence-corrected chi connectivity index (χ1v) is 11.1. The Kier molecular flexibility index (Phi) is 4.69. The van der Waals surface area contributed by atoms with E-state index in [-0.39, 0.29) is 17.2 Å². The molecule has 0 bridgehead atoms. The first-order chi connectivity index (χ1) is 15.2. The van der Waals surface area contributed by atoms with E-state index < -0.39 is 0 Å². The number of Topliss-reactive ketones (excluding diaryl/α,β-unsaturated/α-hetero) is 1. The van der Waals surface area contributed by atoms with Crippen molar-refractivity contribution in [3.8, 4) is 11.4 Å². The SMILES string of the molecule is Cc1cccc(C2C3=C(CC(C)(C)CC3=O)Nc3nc(-c4ccc(N(C)C)cc4)nn32)c1. The van der Waals surface area contributed by atoms with Crippen molar-refractivity contribution in [2.75, 3.05) is 24.3 Å². The van der Waals surface area contributed by atoms with E-state index in [1.54, 1.807) is 0 Å². The lowest BCUT2D eigenvalue weighted by Crippen LogP contribution is -2.36. The van der Waals surface area contributed by atoms with Crippen LogP contribution in [0.5, 0.6) is 0 Å².